The standard InChI is InChI=1S/C16H15ClFNO/c1-19(2)14-7-9-15(10-8-14)20-11-16(18)12-3-5-13(17)6-4-12/h3-11H,1-2H3/b16-11-. The lowest BCUT2D eigenvalue weighted by Crippen LogP contribution is -2.07. The van der Waals surface area contributed by atoms with Gasteiger partial charge in [0.15, 0.2) is 5.83 Å². The molecule has 0 aliphatic carbocycles. The van der Waals surface area contributed by atoms with Gasteiger partial charge in [0.05, 0.1) is 0 Å². The lowest BCUT2D eigenvalue weighted by atomic mass is 10.2. The normalized spacial score (nSPS) is 11.3. The molecule has 2 aromatic rings. The summed E-state index contributed by atoms with van der Waals surface area (Å²) in [5.74, 6) is 0.137. The Kier molecular flexibility index (Phi) is 4.64. The molecule has 0 unspecified atom stereocenters. The van der Waals surface area contributed by atoms with Gasteiger partial charge in [-0.25, -0.2) is 4.39 Å². The van der Waals surface area contributed by atoms with Crippen molar-refractivity contribution in [2.45, 2.75) is 0 Å². The first kappa shape index (κ1) is 14.4. The molecule has 2 rings (SSSR count). The molecule has 0 aromatic heterocycles. The minimum atomic E-state index is -0.446. The van der Waals surface area contributed by atoms with E-state index in [1.807, 2.05) is 31.1 Å². The van der Waals surface area contributed by atoms with Gasteiger partial charge in [-0.05, 0) is 36.4 Å². The fourth-order valence-corrected chi connectivity index (χ4v) is 1.75. The van der Waals surface area contributed by atoms with Crippen LogP contribution in [0.25, 0.3) is 5.83 Å². The molecular formula is C16H15ClFNO. The third-order valence-corrected chi connectivity index (χ3v) is 3.02. The topological polar surface area (TPSA) is 12.5 Å². The summed E-state index contributed by atoms with van der Waals surface area (Å²) < 4.78 is 19.1. The van der Waals surface area contributed by atoms with E-state index in [1.165, 1.54) is 0 Å². The van der Waals surface area contributed by atoms with E-state index < -0.39 is 5.83 Å². The van der Waals surface area contributed by atoms with Gasteiger partial charge in [0.25, 0.3) is 0 Å². The second kappa shape index (κ2) is 6.44. The van der Waals surface area contributed by atoms with Crippen LogP contribution in [0.5, 0.6) is 5.75 Å². The highest BCUT2D eigenvalue weighted by Crippen LogP contribution is 2.21. The predicted molar refractivity (Wildman–Crippen MR) is 81.9 cm³/mol. The molecule has 0 fully saturated rings. The molecule has 104 valence electrons. The number of rotatable bonds is 4. The van der Waals surface area contributed by atoms with Gasteiger partial charge in [-0.15, -0.1) is 0 Å². The highest BCUT2D eigenvalue weighted by Gasteiger charge is 2.01. The Labute approximate surface area is 123 Å². The second-order valence-corrected chi connectivity index (χ2v) is 4.92. The molecule has 0 heterocycles. The Bertz CT molecular complexity index is 591. The predicted octanol–water partition coefficient (Wildman–Crippen LogP) is 4.75. The van der Waals surface area contributed by atoms with Crippen LogP contribution in [0.2, 0.25) is 5.02 Å². The van der Waals surface area contributed by atoms with Crippen molar-refractivity contribution in [3.63, 3.8) is 0 Å². The van der Waals surface area contributed by atoms with E-state index in [2.05, 4.69) is 0 Å². The molecule has 2 aromatic carbocycles. The first-order valence-corrected chi connectivity index (χ1v) is 6.50. The number of halogens is 2. The molecule has 0 amide bonds. The van der Waals surface area contributed by atoms with Gasteiger partial charge in [-0.1, -0.05) is 23.7 Å². The number of hydrogen-bond acceptors (Lipinski definition) is 2. The zero-order valence-electron chi connectivity index (χ0n) is 11.3. The van der Waals surface area contributed by atoms with E-state index in [9.17, 15) is 4.39 Å². The Morgan fingerprint density at radius 2 is 1.65 bits per heavy atom. The van der Waals surface area contributed by atoms with Crippen LogP contribution >= 0.6 is 11.6 Å². The van der Waals surface area contributed by atoms with Crippen LogP contribution in [0.3, 0.4) is 0 Å². The quantitative estimate of drug-likeness (QED) is 0.754. The molecule has 0 saturated heterocycles. The van der Waals surface area contributed by atoms with Crippen molar-refractivity contribution in [3.8, 4) is 5.75 Å². The van der Waals surface area contributed by atoms with Crippen molar-refractivity contribution in [1.29, 1.82) is 0 Å². The van der Waals surface area contributed by atoms with E-state index in [1.54, 1.807) is 36.4 Å². The average molecular weight is 292 g/mol. The van der Waals surface area contributed by atoms with E-state index in [4.69, 9.17) is 16.3 Å². The van der Waals surface area contributed by atoms with Crippen LogP contribution in [0, 0.1) is 0 Å². The van der Waals surface area contributed by atoms with Crippen LogP contribution in [-0.2, 0) is 0 Å². The number of nitrogens with zero attached hydrogens (tertiary/aromatic N) is 1. The zero-order valence-corrected chi connectivity index (χ0v) is 12.1. The summed E-state index contributed by atoms with van der Waals surface area (Å²) in [6, 6.07) is 13.9. The van der Waals surface area contributed by atoms with Crippen LogP contribution in [-0.4, -0.2) is 14.1 Å². The summed E-state index contributed by atoms with van der Waals surface area (Å²) in [7, 11) is 3.91. The molecule has 20 heavy (non-hydrogen) atoms. The fraction of sp³-hybridized carbons (Fsp3) is 0.125. The molecule has 4 heteroatoms. The van der Waals surface area contributed by atoms with Crippen molar-refractivity contribution in [3.05, 3.63) is 65.4 Å². The average Bonchev–Trinajstić information content (AvgIpc) is 2.46. The van der Waals surface area contributed by atoms with E-state index in [0.29, 0.717) is 16.3 Å². The van der Waals surface area contributed by atoms with Crippen molar-refractivity contribution >= 4 is 23.1 Å². The molecule has 0 radical (unpaired) electrons. The lowest BCUT2D eigenvalue weighted by molar-refractivity contribution is 0.473. The Hall–Kier alpha value is -2.00. The van der Waals surface area contributed by atoms with Gasteiger partial charge in [0.1, 0.15) is 12.0 Å². The number of hydrogen-bond donors (Lipinski definition) is 0. The highest BCUT2D eigenvalue weighted by molar-refractivity contribution is 6.30. The third kappa shape index (κ3) is 3.75. The fourth-order valence-electron chi connectivity index (χ4n) is 1.62. The monoisotopic (exact) mass is 291 g/mol. The van der Waals surface area contributed by atoms with Crippen LogP contribution < -0.4 is 9.64 Å². The van der Waals surface area contributed by atoms with Crippen molar-refractivity contribution in [1.82, 2.24) is 0 Å². The maximum atomic E-state index is 13.8. The van der Waals surface area contributed by atoms with Gasteiger partial charge in [0, 0.05) is 30.4 Å². The minimum Gasteiger partial charge on any atom is -0.462 e. The molecule has 0 spiro atoms. The van der Waals surface area contributed by atoms with Crippen molar-refractivity contribution in [2.24, 2.45) is 0 Å². The van der Waals surface area contributed by atoms with E-state index in [-0.39, 0.29) is 0 Å². The second-order valence-electron chi connectivity index (χ2n) is 4.48. The molecule has 0 N–H and O–H groups in total. The molecule has 0 aliphatic rings. The largest absolute Gasteiger partial charge is 0.462 e. The Morgan fingerprint density at radius 3 is 2.20 bits per heavy atom. The number of benzene rings is 2. The maximum Gasteiger partial charge on any atom is 0.165 e. The summed E-state index contributed by atoms with van der Waals surface area (Å²) in [6.07, 6.45) is 1.09. The van der Waals surface area contributed by atoms with Gasteiger partial charge in [-0.3, -0.25) is 0 Å². The maximum absolute atomic E-state index is 13.8. The van der Waals surface area contributed by atoms with E-state index in [0.717, 1.165) is 11.9 Å². The van der Waals surface area contributed by atoms with Crippen molar-refractivity contribution in [2.75, 3.05) is 19.0 Å². The minimum absolute atomic E-state index is 0.430. The molecular weight excluding hydrogens is 277 g/mol. The summed E-state index contributed by atoms with van der Waals surface area (Å²) >= 11 is 5.75. The third-order valence-electron chi connectivity index (χ3n) is 2.77. The molecule has 0 bridgehead atoms. The molecule has 0 aliphatic heterocycles. The summed E-state index contributed by atoms with van der Waals surface area (Å²) in [5, 5.41) is 0.571. The molecule has 2 nitrogen and oxygen atoms in total. The van der Waals surface area contributed by atoms with Crippen LogP contribution in [0.15, 0.2) is 54.8 Å². The van der Waals surface area contributed by atoms with Crippen LogP contribution in [0.1, 0.15) is 5.56 Å². The SMILES string of the molecule is CN(C)c1ccc(O/C=C(\F)c2ccc(Cl)cc2)cc1. The Balaban J connectivity index is 2.06. The van der Waals surface area contributed by atoms with Crippen LogP contribution in [0.4, 0.5) is 10.1 Å². The van der Waals surface area contributed by atoms with Gasteiger partial charge < -0.3 is 9.64 Å². The summed E-state index contributed by atoms with van der Waals surface area (Å²) in [4.78, 5) is 1.98. The molecule has 0 saturated carbocycles. The number of anilines is 1. The lowest BCUT2D eigenvalue weighted by Gasteiger charge is -2.12. The van der Waals surface area contributed by atoms with Gasteiger partial charge in [-0.2, -0.15) is 0 Å². The van der Waals surface area contributed by atoms with Gasteiger partial charge in [0.2, 0.25) is 0 Å². The summed E-state index contributed by atoms with van der Waals surface area (Å²) in [5.41, 5.74) is 1.49. The smallest absolute Gasteiger partial charge is 0.165 e. The van der Waals surface area contributed by atoms with Crippen molar-refractivity contribution < 1.29 is 9.13 Å². The van der Waals surface area contributed by atoms with E-state index >= 15 is 0 Å². The number of ether oxygens (including phenoxy) is 1. The first-order chi connectivity index (χ1) is 9.56. The zero-order chi connectivity index (χ0) is 14.5. The Morgan fingerprint density at radius 1 is 1.05 bits per heavy atom. The summed E-state index contributed by atoms with van der Waals surface area (Å²) in [6.45, 7) is 0. The molecule has 0 atom stereocenters. The first-order valence-electron chi connectivity index (χ1n) is 6.12. The van der Waals surface area contributed by atoms with Gasteiger partial charge >= 0.3 is 0 Å². The highest BCUT2D eigenvalue weighted by atomic mass is 35.5.